The number of fused-ring (bicyclic) bond motifs is 1. The Balaban J connectivity index is 2.64. The number of rotatable bonds is 2. The average molecular weight is 228 g/mol. The van der Waals surface area contributed by atoms with Gasteiger partial charge in [0.15, 0.2) is 5.75 Å². The quantitative estimate of drug-likeness (QED) is 0.797. The lowest BCUT2D eigenvalue weighted by atomic mass is 10.2. The molecule has 0 aliphatic carbocycles. The van der Waals surface area contributed by atoms with Gasteiger partial charge in [-0.3, -0.25) is 0 Å². The maximum Gasteiger partial charge on any atom is 0.156 e. The normalized spacial score (nSPS) is 10.7. The molecule has 2 rings (SSSR count). The van der Waals surface area contributed by atoms with E-state index < -0.39 is 0 Å². The van der Waals surface area contributed by atoms with Crippen molar-refractivity contribution < 1.29 is 4.74 Å². The van der Waals surface area contributed by atoms with E-state index in [1.165, 1.54) is 11.3 Å². The number of hydrogen-bond donors (Lipinski definition) is 1. The van der Waals surface area contributed by atoms with E-state index in [9.17, 15) is 0 Å². The van der Waals surface area contributed by atoms with Crippen LogP contribution < -0.4 is 10.5 Å². The molecule has 1 aromatic carbocycles. The van der Waals surface area contributed by atoms with Gasteiger partial charge in [-0.05, 0) is 25.1 Å². The van der Waals surface area contributed by atoms with Crippen molar-refractivity contribution in [2.45, 2.75) is 6.92 Å². The summed E-state index contributed by atoms with van der Waals surface area (Å²) in [6.45, 7) is 2.56. The minimum absolute atomic E-state index is 0.621. The molecule has 0 unspecified atom stereocenters. The molecule has 0 saturated heterocycles. The average Bonchev–Trinajstić information content (AvgIpc) is 2.43. The van der Waals surface area contributed by atoms with Crippen molar-refractivity contribution in [3.8, 4) is 5.75 Å². The Morgan fingerprint density at radius 2 is 2.29 bits per heavy atom. The summed E-state index contributed by atoms with van der Waals surface area (Å²) in [5.41, 5.74) is 6.43. The Bertz CT molecular complexity index is 466. The summed E-state index contributed by atoms with van der Waals surface area (Å²) in [6, 6.07) is 5.71. The third-order valence-corrected chi connectivity index (χ3v) is 3.24. The van der Waals surface area contributed by atoms with Crippen LogP contribution in [0.25, 0.3) is 10.1 Å². The molecule has 0 spiro atoms. The lowest BCUT2D eigenvalue weighted by molar-refractivity contribution is 0.345. The van der Waals surface area contributed by atoms with Gasteiger partial charge < -0.3 is 10.5 Å². The predicted octanol–water partition coefficient (Wildman–Crippen LogP) is 3.54. The Morgan fingerprint density at radius 1 is 1.50 bits per heavy atom. The molecule has 0 amide bonds. The number of nitrogen functional groups attached to an aromatic ring is 1. The van der Waals surface area contributed by atoms with E-state index in [1.807, 2.05) is 25.1 Å². The van der Waals surface area contributed by atoms with Crippen LogP contribution in [0, 0.1) is 0 Å². The van der Waals surface area contributed by atoms with Crippen molar-refractivity contribution >= 4 is 38.7 Å². The van der Waals surface area contributed by atoms with Crippen LogP contribution in [0.15, 0.2) is 18.2 Å². The molecule has 74 valence electrons. The minimum Gasteiger partial charge on any atom is -0.491 e. The standard InChI is InChI=1S/C10H10ClNOS/c1-2-13-9-7-4-3-6(12)5-8(7)14-10(9)11/h3-5H,2,12H2,1H3. The van der Waals surface area contributed by atoms with Crippen molar-refractivity contribution in [2.75, 3.05) is 12.3 Å². The van der Waals surface area contributed by atoms with Crippen LogP contribution in [0.1, 0.15) is 6.92 Å². The zero-order valence-electron chi connectivity index (χ0n) is 7.71. The number of benzene rings is 1. The van der Waals surface area contributed by atoms with Gasteiger partial charge in [-0.1, -0.05) is 11.6 Å². The number of halogens is 1. The van der Waals surface area contributed by atoms with Gasteiger partial charge in [-0.15, -0.1) is 11.3 Å². The maximum atomic E-state index is 6.05. The number of ether oxygens (including phenoxy) is 1. The van der Waals surface area contributed by atoms with E-state index in [1.54, 1.807) is 0 Å². The predicted molar refractivity (Wildman–Crippen MR) is 62.4 cm³/mol. The van der Waals surface area contributed by atoms with Crippen LogP contribution in [0.3, 0.4) is 0 Å². The fourth-order valence-electron chi connectivity index (χ4n) is 1.34. The molecule has 1 heterocycles. The van der Waals surface area contributed by atoms with E-state index in [0.717, 1.165) is 21.5 Å². The summed E-state index contributed by atoms with van der Waals surface area (Å²) in [4.78, 5) is 0. The summed E-state index contributed by atoms with van der Waals surface area (Å²) in [5, 5.41) is 1.04. The maximum absolute atomic E-state index is 6.05. The molecule has 0 fully saturated rings. The second-order valence-electron chi connectivity index (χ2n) is 2.89. The highest BCUT2D eigenvalue weighted by atomic mass is 35.5. The van der Waals surface area contributed by atoms with E-state index >= 15 is 0 Å². The molecule has 1 aromatic heterocycles. The van der Waals surface area contributed by atoms with Crippen molar-refractivity contribution in [1.29, 1.82) is 0 Å². The van der Waals surface area contributed by atoms with E-state index in [4.69, 9.17) is 22.1 Å². The molecule has 2 nitrogen and oxygen atoms in total. The molecule has 14 heavy (non-hydrogen) atoms. The molecule has 0 bridgehead atoms. The smallest absolute Gasteiger partial charge is 0.156 e. The van der Waals surface area contributed by atoms with Crippen LogP contribution in [-0.4, -0.2) is 6.61 Å². The molecular formula is C10H10ClNOS. The zero-order valence-corrected chi connectivity index (χ0v) is 9.28. The SMILES string of the molecule is CCOc1c(Cl)sc2cc(N)ccc12. The summed E-state index contributed by atoms with van der Waals surface area (Å²) in [5.74, 6) is 0.772. The lowest BCUT2D eigenvalue weighted by Gasteiger charge is -2.01. The lowest BCUT2D eigenvalue weighted by Crippen LogP contribution is -1.90. The highest BCUT2D eigenvalue weighted by Crippen LogP contribution is 2.41. The van der Waals surface area contributed by atoms with Crippen LogP contribution in [0.5, 0.6) is 5.75 Å². The Labute approximate surface area is 91.2 Å². The third kappa shape index (κ3) is 1.53. The van der Waals surface area contributed by atoms with E-state index in [2.05, 4.69) is 0 Å². The number of anilines is 1. The van der Waals surface area contributed by atoms with Crippen LogP contribution >= 0.6 is 22.9 Å². The summed E-state index contributed by atoms with van der Waals surface area (Å²) in [7, 11) is 0. The minimum atomic E-state index is 0.621. The molecule has 2 N–H and O–H groups in total. The monoisotopic (exact) mass is 227 g/mol. The van der Waals surface area contributed by atoms with Gasteiger partial charge in [0.2, 0.25) is 0 Å². The first-order valence-electron chi connectivity index (χ1n) is 4.32. The topological polar surface area (TPSA) is 35.2 Å². The van der Waals surface area contributed by atoms with E-state index in [-0.39, 0.29) is 0 Å². The summed E-state index contributed by atoms with van der Waals surface area (Å²) >= 11 is 7.54. The highest BCUT2D eigenvalue weighted by molar-refractivity contribution is 7.23. The Kier molecular flexibility index (Phi) is 2.52. The molecule has 2 aromatic rings. The van der Waals surface area contributed by atoms with Crippen molar-refractivity contribution in [1.82, 2.24) is 0 Å². The van der Waals surface area contributed by atoms with Crippen LogP contribution in [0.4, 0.5) is 5.69 Å². The van der Waals surface area contributed by atoms with Gasteiger partial charge in [-0.2, -0.15) is 0 Å². The third-order valence-electron chi connectivity index (χ3n) is 1.92. The molecule has 0 aliphatic heterocycles. The Morgan fingerprint density at radius 3 is 3.00 bits per heavy atom. The van der Waals surface area contributed by atoms with Gasteiger partial charge >= 0.3 is 0 Å². The highest BCUT2D eigenvalue weighted by Gasteiger charge is 2.11. The molecule has 0 aliphatic rings. The molecular weight excluding hydrogens is 218 g/mol. The number of hydrogen-bond acceptors (Lipinski definition) is 3. The first-order valence-corrected chi connectivity index (χ1v) is 5.52. The van der Waals surface area contributed by atoms with Crippen LogP contribution in [-0.2, 0) is 0 Å². The van der Waals surface area contributed by atoms with Gasteiger partial charge in [0.1, 0.15) is 4.34 Å². The van der Waals surface area contributed by atoms with Crippen molar-refractivity contribution in [2.24, 2.45) is 0 Å². The first-order chi connectivity index (χ1) is 6.72. The zero-order chi connectivity index (χ0) is 10.1. The molecule has 0 saturated carbocycles. The van der Waals surface area contributed by atoms with Gasteiger partial charge in [0.25, 0.3) is 0 Å². The number of nitrogens with two attached hydrogens (primary N) is 1. The summed E-state index contributed by atoms with van der Waals surface area (Å²) < 4.78 is 7.22. The van der Waals surface area contributed by atoms with Crippen LogP contribution in [0.2, 0.25) is 4.34 Å². The van der Waals surface area contributed by atoms with Gasteiger partial charge in [0.05, 0.1) is 6.61 Å². The largest absolute Gasteiger partial charge is 0.491 e. The second-order valence-corrected chi connectivity index (χ2v) is 4.55. The first kappa shape index (κ1) is 9.62. The molecule has 4 heteroatoms. The van der Waals surface area contributed by atoms with Gasteiger partial charge in [0, 0.05) is 15.8 Å². The fourth-order valence-corrected chi connectivity index (χ4v) is 2.66. The Hall–Kier alpha value is -0.930. The van der Waals surface area contributed by atoms with E-state index in [0.29, 0.717) is 10.9 Å². The molecule has 0 radical (unpaired) electrons. The summed E-state index contributed by atoms with van der Waals surface area (Å²) in [6.07, 6.45) is 0. The number of thiophene rings is 1. The van der Waals surface area contributed by atoms with Crippen molar-refractivity contribution in [3.05, 3.63) is 22.5 Å². The fraction of sp³-hybridized carbons (Fsp3) is 0.200. The van der Waals surface area contributed by atoms with Crippen molar-refractivity contribution in [3.63, 3.8) is 0 Å². The molecule has 0 atom stereocenters. The second kappa shape index (κ2) is 3.67. The van der Waals surface area contributed by atoms with Gasteiger partial charge in [-0.25, -0.2) is 0 Å².